The predicted molar refractivity (Wildman–Crippen MR) is 158 cm³/mol. The highest BCUT2D eigenvalue weighted by Crippen LogP contribution is 2.44. The summed E-state index contributed by atoms with van der Waals surface area (Å²) < 4.78 is 5.58. The highest BCUT2D eigenvalue weighted by Gasteiger charge is 2.47. The first-order valence-electron chi connectivity index (χ1n) is 13.4. The monoisotopic (exact) mass is 526 g/mol. The van der Waals surface area contributed by atoms with E-state index in [-0.39, 0.29) is 16.7 Å². The van der Waals surface area contributed by atoms with E-state index in [0.29, 0.717) is 17.0 Å². The van der Waals surface area contributed by atoms with E-state index in [1.54, 1.807) is 6.07 Å². The topological polar surface area (TPSA) is 70.1 Å². The number of hydrogen-bond donors (Lipinski definition) is 1. The van der Waals surface area contributed by atoms with Gasteiger partial charge in [-0.1, -0.05) is 51.1 Å². The number of rotatable bonds is 7. The van der Waals surface area contributed by atoms with Crippen LogP contribution < -0.4 is 14.5 Å². The third kappa shape index (κ3) is 5.29. The molecule has 1 heterocycles. The number of aryl methyl sites for hydroxylation is 1. The first-order valence-corrected chi connectivity index (χ1v) is 13.4. The number of benzene rings is 3. The third-order valence-corrected chi connectivity index (χ3v) is 7.38. The molecule has 0 aliphatic carbocycles. The normalized spacial score (nSPS) is 17.0. The number of aliphatic hydroxyl groups excluding tert-OH is 1. The molecule has 0 saturated carbocycles. The summed E-state index contributed by atoms with van der Waals surface area (Å²) in [6, 6.07) is 20.1. The Balaban J connectivity index is 1.97. The zero-order chi connectivity index (χ0) is 28.5. The van der Waals surface area contributed by atoms with Crippen LogP contribution in [0, 0.1) is 6.92 Å². The van der Waals surface area contributed by atoms with Gasteiger partial charge < -0.3 is 14.7 Å². The van der Waals surface area contributed by atoms with Gasteiger partial charge in [0.25, 0.3) is 11.7 Å². The van der Waals surface area contributed by atoms with Crippen molar-refractivity contribution in [3.8, 4) is 5.75 Å². The number of nitrogens with zero attached hydrogens (tertiary/aromatic N) is 2. The van der Waals surface area contributed by atoms with E-state index in [1.165, 1.54) is 12.0 Å². The number of ketones is 1. The minimum atomic E-state index is -0.805. The van der Waals surface area contributed by atoms with E-state index in [0.717, 1.165) is 35.5 Å². The second kappa shape index (κ2) is 11.0. The van der Waals surface area contributed by atoms with E-state index < -0.39 is 17.7 Å². The third-order valence-electron chi connectivity index (χ3n) is 7.38. The van der Waals surface area contributed by atoms with Gasteiger partial charge in [0.05, 0.1) is 24.3 Å². The number of amides is 1. The van der Waals surface area contributed by atoms with Crippen molar-refractivity contribution < 1.29 is 19.4 Å². The lowest BCUT2D eigenvalue weighted by Crippen LogP contribution is -2.29. The Morgan fingerprint density at radius 3 is 2.21 bits per heavy atom. The van der Waals surface area contributed by atoms with Gasteiger partial charge in [-0.15, -0.1) is 0 Å². The molecule has 6 nitrogen and oxygen atoms in total. The van der Waals surface area contributed by atoms with Crippen molar-refractivity contribution in [2.45, 2.75) is 53.0 Å². The molecule has 1 saturated heterocycles. The fourth-order valence-corrected chi connectivity index (χ4v) is 5.15. The summed E-state index contributed by atoms with van der Waals surface area (Å²) in [7, 11) is 1.53. The standard InChI is InChI=1S/C33H38N2O4/c1-8-34(9-2)24-16-13-22(14-17-24)29-28(31(37)32(38)35(29)25-12-10-11-21(3)19-25)30(36)26-20-23(33(4,5)6)15-18-27(26)39-7/h10-20,29,36H,8-9H2,1-7H3/b30-28+. The Hall–Kier alpha value is -4.06. The first kappa shape index (κ1) is 28.0. The second-order valence-electron chi connectivity index (χ2n) is 10.9. The predicted octanol–water partition coefficient (Wildman–Crippen LogP) is 6.77. The van der Waals surface area contributed by atoms with Gasteiger partial charge in [0.2, 0.25) is 0 Å². The van der Waals surface area contributed by atoms with Crippen molar-refractivity contribution >= 4 is 28.8 Å². The highest BCUT2D eigenvalue weighted by molar-refractivity contribution is 6.51. The zero-order valence-electron chi connectivity index (χ0n) is 23.9. The van der Waals surface area contributed by atoms with Gasteiger partial charge in [0.15, 0.2) is 0 Å². The molecule has 1 aliphatic rings. The molecule has 0 aromatic heterocycles. The van der Waals surface area contributed by atoms with Crippen LogP contribution >= 0.6 is 0 Å². The molecule has 3 aromatic rings. The van der Waals surface area contributed by atoms with Crippen molar-refractivity contribution in [1.29, 1.82) is 0 Å². The summed E-state index contributed by atoms with van der Waals surface area (Å²) in [4.78, 5) is 31.0. The molecule has 1 unspecified atom stereocenters. The maximum atomic E-state index is 13.7. The fourth-order valence-electron chi connectivity index (χ4n) is 5.15. The molecule has 1 fully saturated rings. The van der Waals surface area contributed by atoms with Crippen LogP contribution in [0.2, 0.25) is 0 Å². The number of carbonyl (C=O) groups excluding carboxylic acids is 2. The van der Waals surface area contributed by atoms with Crippen molar-refractivity contribution in [2.24, 2.45) is 0 Å². The highest BCUT2D eigenvalue weighted by atomic mass is 16.5. The average Bonchev–Trinajstić information content (AvgIpc) is 3.18. The largest absolute Gasteiger partial charge is 0.507 e. The molecule has 0 spiro atoms. The fraction of sp³-hybridized carbons (Fsp3) is 0.333. The quantitative estimate of drug-likeness (QED) is 0.209. The molecule has 1 aliphatic heterocycles. The van der Waals surface area contributed by atoms with Gasteiger partial charge >= 0.3 is 0 Å². The van der Waals surface area contributed by atoms with Crippen LogP contribution in [-0.2, 0) is 15.0 Å². The summed E-state index contributed by atoms with van der Waals surface area (Å²) in [6.07, 6.45) is 0. The smallest absolute Gasteiger partial charge is 0.300 e. The van der Waals surface area contributed by atoms with Gasteiger partial charge in [-0.25, -0.2) is 0 Å². The summed E-state index contributed by atoms with van der Waals surface area (Å²) >= 11 is 0. The minimum absolute atomic E-state index is 0.0430. The van der Waals surface area contributed by atoms with Crippen LogP contribution in [0.4, 0.5) is 11.4 Å². The van der Waals surface area contributed by atoms with Gasteiger partial charge in [-0.05, 0) is 79.3 Å². The molecule has 1 atom stereocenters. The van der Waals surface area contributed by atoms with Crippen LogP contribution in [0.3, 0.4) is 0 Å². The summed E-state index contributed by atoms with van der Waals surface area (Å²) in [5, 5.41) is 11.8. The number of ether oxygens (including phenoxy) is 1. The van der Waals surface area contributed by atoms with Gasteiger partial charge in [-0.2, -0.15) is 0 Å². The molecule has 3 aromatic carbocycles. The van der Waals surface area contributed by atoms with Crippen LogP contribution in [0.1, 0.15) is 62.9 Å². The van der Waals surface area contributed by atoms with Crippen LogP contribution in [0.5, 0.6) is 5.75 Å². The van der Waals surface area contributed by atoms with E-state index in [1.807, 2.05) is 67.6 Å². The molecule has 4 rings (SSSR count). The van der Waals surface area contributed by atoms with Crippen molar-refractivity contribution in [3.63, 3.8) is 0 Å². The minimum Gasteiger partial charge on any atom is -0.507 e. The number of anilines is 2. The van der Waals surface area contributed by atoms with Crippen LogP contribution in [0.15, 0.2) is 72.3 Å². The molecule has 39 heavy (non-hydrogen) atoms. The molecule has 0 bridgehead atoms. The molecular formula is C33H38N2O4. The maximum Gasteiger partial charge on any atom is 0.300 e. The Bertz CT molecular complexity index is 1410. The Morgan fingerprint density at radius 2 is 1.64 bits per heavy atom. The van der Waals surface area contributed by atoms with Crippen molar-refractivity contribution in [1.82, 2.24) is 0 Å². The number of methoxy groups -OCH3 is 1. The number of carbonyl (C=O) groups is 2. The van der Waals surface area contributed by atoms with Gasteiger partial charge in [-0.3, -0.25) is 14.5 Å². The molecule has 204 valence electrons. The van der Waals surface area contributed by atoms with Crippen LogP contribution in [-0.4, -0.2) is 37.0 Å². The molecule has 6 heteroatoms. The summed E-state index contributed by atoms with van der Waals surface area (Å²) in [6.45, 7) is 14.1. The Labute approximate surface area is 231 Å². The van der Waals surface area contributed by atoms with E-state index >= 15 is 0 Å². The Morgan fingerprint density at radius 1 is 0.974 bits per heavy atom. The SMILES string of the molecule is CCN(CC)c1ccc(C2/C(=C(\O)c3cc(C(C)(C)C)ccc3OC)C(=O)C(=O)N2c2cccc(C)c2)cc1. The number of Topliss-reactive ketones (excluding diaryl/α,β-unsaturated/α-hetero) is 1. The maximum absolute atomic E-state index is 13.7. The Kier molecular flexibility index (Phi) is 7.86. The first-order chi connectivity index (χ1) is 18.5. The van der Waals surface area contributed by atoms with Crippen molar-refractivity contribution in [3.05, 3.63) is 94.6 Å². The molecule has 0 radical (unpaired) electrons. The second-order valence-corrected chi connectivity index (χ2v) is 10.9. The number of hydrogen-bond acceptors (Lipinski definition) is 5. The average molecular weight is 527 g/mol. The molecule has 1 N–H and O–H groups in total. The lowest BCUT2D eigenvalue weighted by atomic mass is 9.85. The molecular weight excluding hydrogens is 488 g/mol. The molecule has 1 amide bonds. The van der Waals surface area contributed by atoms with E-state index in [4.69, 9.17) is 4.74 Å². The van der Waals surface area contributed by atoms with E-state index in [9.17, 15) is 14.7 Å². The summed E-state index contributed by atoms with van der Waals surface area (Å²) in [5.41, 5.74) is 4.55. The van der Waals surface area contributed by atoms with Gasteiger partial charge in [0, 0.05) is 24.5 Å². The van der Waals surface area contributed by atoms with E-state index in [2.05, 4.69) is 39.5 Å². The van der Waals surface area contributed by atoms with Crippen molar-refractivity contribution in [2.75, 3.05) is 30.0 Å². The lowest BCUT2D eigenvalue weighted by Gasteiger charge is -2.27. The zero-order valence-corrected chi connectivity index (χ0v) is 23.9. The summed E-state index contributed by atoms with van der Waals surface area (Å²) in [5.74, 6) is -1.22. The van der Waals surface area contributed by atoms with Crippen LogP contribution in [0.25, 0.3) is 5.76 Å². The number of aliphatic hydroxyl groups is 1. The lowest BCUT2D eigenvalue weighted by molar-refractivity contribution is -0.132. The van der Waals surface area contributed by atoms with Gasteiger partial charge in [0.1, 0.15) is 11.5 Å².